The molecule has 3 heteroatoms. The number of hydrogen-bond donors (Lipinski definition) is 0. The van der Waals surface area contributed by atoms with Crippen LogP contribution in [0.3, 0.4) is 0 Å². The van der Waals surface area contributed by atoms with Crippen LogP contribution in [0.15, 0.2) is 43.0 Å². The third-order valence-corrected chi connectivity index (χ3v) is 11.2. The van der Waals surface area contributed by atoms with Crippen LogP contribution in [0.25, 0.3) is 0 Å². The number of alkyl halides is 1. The average molecular weight is 353 g/mol. The summed E-state index contributed by atoms with van der Waals surface area (Å²) in [7, 11) is -1.96. The van der Waals surface area contributed by atoms with Crippen LogP contribution >= 0.6 is 15.9 Å². The lowest BCUT2D eigenvalue weighted by Gasteiger charge is -2.39. The Balaban J connectivity index is 2.37. The fourth-order valence-corrected chi connectivity index (χ4v) is 9.54. The molecule has 0 spiro atoms. The van der Waals surface area contributed by atoms with Crippen molar-refractivity contribution in [2.45, 2.75) is 50.2 Å². The summed E-state index contributed by atoms with van der Waals surface area (Å²) in [6.07, 6.45) is 4.56. The fourth-order valence-electron chi connectivity index (χ4n) is 2.98. The first-order chi connectivity index (χ1) is 9.40. The van der Waals surface area contributed by atoms with E-state index >= 15 is 0 Å². The lowest BCUT2D eigenvalue weighted by atomic mass is 9.89. The zero-order valence-electron chi connectivity index (χ0n) is 12.7. The fraction of sp³-hybridized carbons (Fsp3) is 0.529. The van der Waals surface area contributed by atoms with Gasteiger partial charge >= 0.3 is 0 Å². The van der Waals surface area contributed by atoms with Crippen molar-refractivity contribution < 1.29 is 4.43 Å². The molecule has 3 atom stereocenters. The summed E-state index contributed by atoms with van der Waals surface area (Å²) in [4.78, 5) is 0. The second-order valence-corrected chi connectivity index (χ2v) is 12.5. The lowest BCUT2D eigenvalue weighted by Crippen LogP contribution is -2.58. The molecule has 1 aliphatic heterocycles. The summed E-state index contributed by atoms with van der Waals surface area (Å²) in [6.45, 7) is 10.7. The lowest BCUT2D eigenvalue weighted by molar-refractivity contribution is 0.122. The smallest absolute Gasteiger partial charge is 0.238 e. The van der Waals surface area contributed by atoms with Crippen molar-refractivity contribution in [1.82, 2.24) is 0 Å². The van der Waals surface area contributed by atoms with E-state index in [1.54, 1.807) is 0 Å². The van der Waals surface area contributed by atoms with Crippen LogP contribution in [-0.4, -0.2) is 18.9 Å². The van der Waals surface area contributed by atoms with Gasteiger partial charge in [0.2, 0.25) is 8.32 Å². The molecule has 1 fully saturated rings. The summed E-state index contributed by atoms with van der Waals surface area (Å²) >= 11 is 3.93. The average Bonchev–Trinajstić information content (AvgIpc) is 2.78. The van der Waals surface area contributed by atoms with Crippen molar-refractivity contribution in [2.75, 3.05) is 0 Å². The number of halogens is 1. The highest BCUT2D eigenvalue weighted by molar-refractivity contribution is 9.10. The Morgan fingerprint density at radius 1 is 1.35 bits per heavy atom. The minimum absolute atomic E-state index is 0.0891. The molecule has 0 radical (unpaired) electrons. The Labute approximate surface area is 132 Å². The molecule has 110 valence electrons. The maximum absolute atomic E-state index is 6.78. The van der Waals surface area contributed by atoms with Crippen LogP contribution in [0.1, 0.15) is 33.6 Å². The monoisotopic (exact) mass is 352 g/mol. The van der Waals surface area contributed by atoms with Crippen molar-refractivity contribution >= 4 is 29.4 Å². The largest absolute Gasteiger partial charge is 0.404 e. The molecule has 2 rings (SSSR count). The molecule has 2 unspecified atom stereocenters. The quantitative estimate of drug-likeness (QED) is 0.438. The van der Waals surface area contributed by atoms with Crippen LogP contribution in [0.2, 0.25) is 6.04 Å². The molecular weight excluding hydrogens is 328 g/mol. The number of rotatable bonds is 4. The maximum atomic E-state index is 6.78. The molecule has 0 aliphatic carbocycles. The first-order valence-corrected chi connectivity index (χ1v) is 10.5. The molecule has 0 aromatic heterocycles. The van der Waals surface area contributed by atoms with Gasteiger partial charge in [-0.05, 0) is 23.1 Å². The van der Waals surface area contributed by atoms with Gasteiger partial charge in [0.05, 0.1) is 6.10 Å². The Hall–Kier alpha value is -0.383. The van der Waals surface area contributed by atoms with E-state index < -0.39 is 8.32 Å². The summed E-state index contributed by atoms with van der Waals surface area (Å²) in [5, 5.41) is 1.41. The van der Waals surface area contributed by atoms with Crippen molar-refractivity contribution in [1.29, 1.82) is 0 Å². The minimum Gasteiger partial charge on any atom is -0.404 e. The van der Waals surface area contributed by atoms with E-state index in [4.69, 9.17) is 4.43 Å². The van der Waals surface area contributed by atoms with Gasteiger partial charge in [-0.15, -0.1) is 6.58 Å². The van der Waals surface area contributed by atoms with Crippen molar-refractivity contribution in [3.05, 3.63) is 43.0 Å². The highest BCUT2D eigenvalue weighted by Crippen LogP contribution is 2.38. The van der Waals surface area contributed by atoms with Gasteiger partial charge in [-0.1, -0.05) is 79.5 Å². The number of hydrogen-bond acceptors (Lipinski definition) is 1. The molecule has 1 aromatic rings. The van der Waals surface area contributed by atoms with Crippen molar-refractivity contribution in [3.63, 3.8) is 0 Å². The van der Waals surface area contributed by atoms with Gasteiger partial charge in [0.25, 0.3) is 0 Å². The predicted octanol–water partition coefficient (Wildman–Crippen LogP) is 4.55. The Morgan fingerprint density at radius 3 is 2.45 bits per heavy atom. The molecule has 1 nitrogen and oxygen atoms in total. The molecule has 1 heterocycles. The normalized spacial score (nSPS) is 28.3. The second kappa shape index (κ2) is 6.16. The van der Waals surface area contributed by atoms with Gasteiger partial charge in [0.15, 0.2) is 0 Å². The van der Waals surface area contributed by atoms with E-state index in [1.165, 1.54) is 24.1 Å². The molecule has 1 aliphatic rings. The van der Waals surface area contributed by atoms with Gasteiger partial charge in [-0.3, -0.25) is 0 Å². The van der Waals surface area contributed by atoms with Crippen molar-refractivity contribution in [3.8, 4) is 0 Å². The predicted molar refractivity (Wildman–Crippen MR) is 93.1 cm³/mol. The van der Waals surface area contributed by atoms with Crippen LogP contribution in [-0.2, 0) is 4.43 Å². The first-order valence-electron chi connectivity index (χ1n) is 7.40. The third-order valence-electron chi connectivity index (χ3n) is 4.18. The van der Waals surface area contributed by atoms with Gasteiger partial charge in [-0.25, -0.2) is 0 Å². The van der Waals surface area contributed by atoms with Crippen LogP contribution in [0.5, 0.6) is 0 Å². The van der Waals surface area contributed by atoms with E-state index in [9.17, 15) is 0 Å². The van der Waals surface area contributed by atoms with Gasteiger partial charge < -0.3 is 4.43 Å². The number of benzene rings is 1. The van der Waals surface area contributed by atoms with Gasteiger partial charge in [0, 0.05) is 4.45 Å². The summed E-state index contributed by atoms with van der Waals surface area (Å²) in [5.41, 5.74) is 0.0891. The zero-order valence-corrected chi connectivity index (χ0v) is 15.3. The summed E-state index contributed by atoms with van der Waals surface area (Å²) in [5.74, 6) is 0. The molecule has 0 saturated carbocycles. The maximum Gasteiger partial charge on any atom is 0.238 e. The SMILES string of the molecule is C=C[C@H](O[Si]1(c2ccccc2)CCCC1Br)C(C)(C)C. The first kappa shape index (κ1) is 16.0. The van der Waals surface area contributed by atoms with Crippen molar-refractivity contribution in [2.24, 2.45) is 5.41 Å². The molecule has 20 heavy (non-hydrogen) atoms. The van der Waals surface area contributed by atoms with E-state index in [1.807, 2.05) is 6.08 Å². The van der Waals surface area contributed by atoms with Crippen LogP contribution in [0.4, 0.5) is 0 Å². The van der Waals surface area contributed by atoms with E-state index in [0.717, 1.165) is 0 Å². The molecular formula is C17H25BrOSi. The Bertz CT molecular complexity index is 454. The standard InChI is InChI=1S/C17H25BrOSi/c1-5-15(17(2,3)4)19-20(13-9-12-16(20)18)14-10-7-6-8-11-14/h5-8,10-11,15-16H,1,9,12-13H2,2-4H3/t15-,16?,20?/m0/s1. The van der Waals surface area contributed by atoms with Gasteiger partial charge in [0.1, 0.15) is 0 Å². The zero-order chi connectivity index (χ0) is 14.8. The van der Waals surface area contributed by atoms with E-state index in [-0.39, 0.29) is 11.5 Å². The van der Waals surface area contributed by atoms with Gasteiger partial charge in [-0.2, -0.15) is 0 Å². The van der Waals surface area contributed by atoms with E-state index in [2.05, 4.69) is 73.6 Å². The summed E-state index contributed by atoms with van der Waals surface area (Å²) < 4.78 is 7.29. The minimum atomic E-state index is -1.96. The second-order valence-electron chi connectivity index (χ2n) is 6.76. The topological polar surface area (TPSA) is 9.23 Å². The molecule has 1 aromatic carbocycles. The molecule has 1 saturated heterocycles. The molecule has 0 N–H and O–H groups in total. The van der Waals surface area contributed by atoms with Crippen LogP contribution < -0.4 is 5.19 Å². The highest BCUT2D eigenvalue weighted by atomic mass is 79.9. The highest BCUT2D eigenvalue weighted by Gasteiger charge is 2.49. The summed E-state index contributed by atoms with van der Waals surface area (Å²) in [6, 6.07) is 12.0. The Morgan fingerprint density at radius 2 is 2.00 bits per heavy atom. The van der Waals surface area contributed by atoms with Crippen LogP contribution in [0, 0.1) is 5.41 Å². The molecule has 0 bridgehead atoms. The van der Waals surface area contributed by atoms with E-state index in [0.29, 0.717) is 4.45 Å². The molecule has 0 amide bonds. The Kier molecular flexibility index (Phi) is 4.93. The third kappa shape index (κ3) is 3.10.